The highest BCUT2D eigenvalue weighted by molar-refractivity contribution is 7.80. The van der Waals surface area contributed by atoms with Crippen LogP contribution in [0.5, 0.6) is 0 Å². The Balaban J connectivity index is 2.62. The van der Waals surface area contributed by atoms with Gasteiger partial charge in [0.1, 0.15) is 5.56 Å². The van der Waals surface area contributed by atoms with Gasteiger partial charge >= 0.3 is 0 Å². The molecule has 96 valence electrons. The van der Waals surface area contributed by atoms with Crippen LogP contribution >= 0.6 is 12.6 Å². The van der Waals surface area contributed by atoms with Crippen LogP contribution in [0.3, 0.4) is 0 Å². The number of aryl methyl sites for hydroxylation is 1. The molecule has 0 saturated carbocycles. The van der Waals surface area contributed by atoms with E-state index in [2.05, 4.69) is 12.6 Å². The zero-order valence-electron chi connectivity index (χ0n) is 10.2. The van der Waals surface area contributed by atoms with Crippen molar-refractivity contribution in [2.45, 2.75) is 11.8 Å². The minimum absolute atomic E-state index is 0.0706. The summed E-state index contributed by atoms with van der Waals surface area (Å²) in [5.74, 6) is -0.369. The van der Waals surface area contributed by atoms with Gasteiger partial charge in [0, 0.05) is 5.56 Å². The van der Waals surface area contributed by atoms with Crippen LogP contribution in [0.2, 0.25) is 0 Å². The van der Waals surface area contributed by atoms with E-state index < -0.39 is 4.92 Å². The van der Waals surface area contributed by atoms with E-state index in [1.807, 2.05) is 0 Å². The van der Waals surface area contributed by atoms with E-state index >= 15 is 0 Å². The monoisotopic (exact) mass is 273 g/mol. The maximum atomic E-state index is 12.3. The summed E-state index contributed by atoms with van der Waals surface area (Å²) < 4.78 is 0. The maximum Gasteiger partial charge on any atom is 0.293 e. The van der Waals surface area contributed by atoms with Gasteiger partial charge in [-0.1, -0.05) is 30.3 Å². The molecule has 4 nitrogen and oxygen atoms in total. The minimum atomic E-state index is -0.571. The Bertz CT molecular complexity index is 653. The van der Waals surface area contributed by atoms with Crippen molar-refractivity contribution in [3.63, 3.8) is 0 Å². The number of hydrogen-bond acceptors (Lipinski definition) is 4. The second-order valence-corrected chi connectivity index (χ2v) is 4.61. The molecule has 0 radical (unpaired) electrons. The second kappa shape index (κ2) is 5.24. The Morgan fingerprint density at radius 1 is 1.21 bits per heavy atom. The fourth-order valence-electron chi connectivity index (χ4n) is 1.87. The van der Waals surface area contributed by atoms with Crippen LogP contribution in [0.1, 0.15) is 21.5 Å². The molecule has 0 fully saturated rings. The van der Waals surface area contributed by atoms with Gasteiger partial charge in [-0.2, -0.15) is 0 Å². The SMILES string of the molecule is Cc1cc(S)c([N+](=O)[O-])c(C(=O)c2ccccc2)c1. The summed E-state index contributed by atoms with van der Waals surface area (Å²) in [5.41, 5.74) is 1.00. The van der Waals surface area contributed by atoms with Crippen LogP contribution in [-0.4, -0.2) is 10.7 Å². The van der Waals surface area contributed by atoms with Crippen molar-refractivity contribution in [3.8, 4) is 0 Å². The molecule has 0 atom stereocenters. The first kappa shape index (κ1) is 13.3. The number of carbonyl (C=O) groups excluding carboxylic acids is 1. The van der Waals surface area contributed by atoms with Gasteiger partial charge in [0.2, 0.25) is 0 Å². The molecule has 0 heterocycles. The fourth-order valence-corrected chi connectivity index (χ4v) is 2.28. The zero-order valence-corrected chi connectivity index (χ0v) is 11.1. The van der Waals surface area contributed by atoms with Crippen LogP contribution in [-0.2, 0) is 0 Å². The molecule has 19 heavy (non-hydrogen) atoms. The van der Waals surface area contributed by atoms with Crippen LogP contribution in [0.4, 0.5) is 5.69 Å². The first-order valence-corrected chi connectivity index (χ1v) is 6.03. The van der Waals surface area contributed by atoms with Crippen LogP contribution in [0.25, 0.3) is 0 Å². The third kappa shape index (κ3) is 2.66. The van der Waals surface area contributed by atoms with Crippen LogP contribution in [0.15, 0.2) is 47.4 Å². The van der Waals surface area contributed by atoms with Gasteiger partial charge in [0.25, 0.3) is 5.69 Å². The predicted octanol–water partition coefficient (Wildman–Crippen LogP) is 3.42. The number of carbonyl (C=O) groups is 1. The summed E-state index contributed by atoms with van der Waals surface area (Å²) in [6, 6.07) is 11.6. The molecule has 0 amide bonds. The predicted molar refractivity (Wildman–Crippen MR) is 75.0 cm³/mol. The Morgan fingerprint density at radius 2 is 1.84 bits per heavy atom. The molecule has 0 bridgehead atoms. The Hall–Kier alpha value is -2.14. The van der Waals surface area contributed by atoms with E-state index in [9.17, 15) is 14.9 Å². The van der Waals surface area contributed by atoms with Crippen LogP contribution < -0.4 is 0 Å². The topological polar surface area (TPSA) is 60.2 Å². The number of thiol groups is 1. The van der Waals surface area contributed by atoms with Gasteiger partial charge < -0.3 is 0 Å². The molecule has 2 aromatic carbocycles. The number of nitro benzene ring substituents is 1. The van der Waals surface area contributed by atoms with Gasteiger partial charge in [-0.05, 0) is 24.6 Å². The van der Waals surface area contributed by atoms with E-state index in [-0.39, 0.29) is 21.9 Å². The van der Waals surface area contributed by atoms with Gasteiger partial charge in [0.15, 0.2) is 5.78 Å². The number of rotatable bonds is 3. The molecule has 0 aliphatic rings. The normalized spacial score (nSPS) is 10.2. The van der Waals surface area contributed by atoms with Crippen molar-refractivity contribution in [1.29, 1.82) is 0 Å². The Labute approximate surface area is 115 Å². The molecule has 0 spiro atoms. The number of benzene rings is 2. The second-order valence-electron chi connectivity index (χ2n) is 4.13. The highest BCUT2D eigenvalue weighted by Gasteiger charge is 2.24. The van der Waals surface area contributed by atoms with Gasteiger partial charge in [0.05, 0.1) is 9.82 Å². The molecule has 0 aromatic heterocycles. The Morgan fingerprint density at radius 3 is 2.42 bits per heavy atom. The molecule has 2 aromatic rings. The number of nitro groups is 1. The first-order valence-electron chi connectivity index (χ1n) is 5.58. The summed E-state index contributed by atoms with van der Waals surface area (Å²) >= 11 is 4.09. The van der Waals surface area contributed by atoms with Crippen molar-refractivity contribution in [2.75, 3.05) is 0 Å². The number of hydrogen-bond donors (Lipinski definition) is 1. The summed E-state index contributed by atoms with van der Waals surface area (Å²) in [5, 5.41) is 11.1. The molecule has 0 unspecified atom stereocenters. The van der Waals surface area contributed by atoms with Crippen molar-refractivity contribution in [1.82, 2.24) is 0 Å². The smallest absolute Gasteiger partial charge is 0.288 e. The van der Waals surface area contributed by atoms with Crippen LogP contribution in [0, 0.1) is 17.0 Å². The molecule has 2 rings (SSSR count). The van der Waals surface area contributed by atoms with Crippen molar-refractivity contribution < 1.29 is 9.72 Å². The lowest BCUT2D eigenvalue weighted by Gasteiger charge is -2.06. The van der Waals surface area contributed by atoms with Crippen molar-refractivity contribution in [2.24, 2.45) is 0 Å². The summed E-state index contributed by atoms with van der Waals surface area (Å²) in [6.07, 6.45) is 0. The van der Waals surface area contributed by atoms with E-state index in [1.54, 1.807) is 43.3 Å². The summed E-state index contributed by atoms with van der Waals surface area (Å²) in [6.45, 7) is 1.77. The van der Waals surface area contributed by atoms with E-state index in [0.29, 0.717) is 5.56 Å². The standard InChI is InChI=1S/C14H11NO3S/c1-9-7-11(13(15(17)18)12(19)8-9)14(16)10-5-3-2-4-6-10/h2-8,19H,1H3. The van der Waals surface area contributed by atoms with Gasteiger partial charge in [-0.15, -0.1) is 12.6 Å². The fraction of sp³-hybridized carbons (Fsp3) is 0.0714. The summed E-state index contributed by atoms with van der Waals surface area (Å²) in [4.78, 5) is 23.1. The third-order valence-electron chi connectivity index (χ3n) is 2.70. The first-order chi connectivity index (χ1) is 9.00. The number of nitrogens with zero attached hydrogens (tertiary/aromatic N) is 1. The molecule has 0 aliphatic heterocycles. The zero-order chi connectivity index (χ0) is 14.0. The molecular formula is C14H11NO3S. The average Bonchev–Trinajstić information content (AvgIpc) is 2.37. The highest BCUT2D eigenvalue weighted by Crippen LogP contribution is 2.30. The molecular weight excluding hydrogens is 262 g/mol. The van der Waals surface area contributed by atoms with Crippen molar-refractivity contribution >= 4 is 24.1 Å². The highest BCUT2D eigenvalue weighted by atomic mass is 32.1. The lowest BCUT2D eigenvalue weighted by molar-refractivity contribution is -0.388. The molecule has 0 aliphatic carbocycles. The number of ketones is 1. The average molecular weight is 273 g/mol. The van der Waals surface area contributed by atoms with E-state index in [1.165, 1.54) is 6.07 Å². The quantitative estimate of drug-likeness (QED) is 0.403. The lowest BCUT2D eigenvalue weighted by Crippen LogP contribution is -2.06. The lowest BCUT2D eigenvalue weighted by atomic mass is 10.00. The van der Waals surface area contributed by atoms with Gasteiger partial charge in [-0.3, -0.25) is 14.9 Å². The maximum absolute atomic E-state index is 12.3. The third-order valence-corrected chi connectivity index (χ3v) is 3.04. The summed E-state index contributed by atoms with van der Waals surface area (Å²) in [7, 11) is 0. The Kier molecular flexibility index (Phi) is 3.66. The van der Waals surface area contributed by atoms with Gasteiger partial charge in [-0.25, -0.2) is 0 Å². The molecule has 0 saturated heterocycles. The van der Waals surface area contributed by atoms with Crippen molar-refractivity contribution in [3.05, 3.63) is 69.3 Å². The molecule has 0 N–H and O–H groups in total. The van der Waals surface area contributed by atoms with E-state index in [0.717, 1.165) is 5.56 Å². The van der Waals surface area contributed by atoms with E-state index in [4.69, 9.17) is 0 Å². The molecule has 5 heteroatoms. The minimum Gasteiger partial charge on any atom is -0.288 e. The largest absolute Gasteiger partial charge is 0.293 e.